The lowest BCUT2D eigenvalue weighted by atomic mass is 10.2. The molecule has 0 radical (unpaired) electrons. The SMILES string of the molecule is O=C(Nc1ccc(OC(F)(F)F)cc1)c1cccc(NC(=O)c2cc3ccccc3oc2=O)n1. The Morgan fingerprint density at radius 2 is 1.62 bits per heavy atom. The number of nitrogens with zero attached hydrogens (tertiary/aromatic N) is 1. The Hall–Kier alpha value is -4.67. The molecule has 11 heteroatoms. The molecular formula is C23H14F3N3O5. The van der Waals surface area contributed by atoms with Crippen LogP contribution in [0.4, 0.5) is 24.7 Å². The molecule has 0 fully saturated rings. The van der Waals surface area contributed by atoms with Gasteiger partial charge in [0.15, 0.2) is 0 Å². The highest BCUT2D eigenvalue weighted by Gasteiger charge is 2.31. The number of nitrogens with one attached hydrogen (secondary N) is 2. The molecule has 0 saturated heterocycles. The van der Waals surface area contributed by atoms with Crippen LogP contribution in [0.25, 0.3) is 11.0 Å². The van der Waals surface area contributed by atoms with Gasteiger partial charge < -0.3 is 19.8 Å². The van der Waals surface area contributed by atoms with Crippen LogP contribution in [0.15, 0.2) is 82.0 Å². The van der Waals surface area contributed by atoms with Crippen LogP contribution in [0.5, 0.6) is 5.75 Å². The van der Waals surface area contributed by atoms with Gasteiger partial charge in [0.05, 0.1) is 0 Å². The van der Waals surface area contributed by atoms with Crippen LogP contribution in [0.2, 0.25) is 0 Å². The quantitative estimate of drug-likeness (QED) is 0.414. The fourth-order valence-electron chi connectivity index (χ4n) is 2.97. The monoisotopic (exact) mass is 469 g/mol. The van der Waals surface area contributed by atoms with Gasteiger partial charge >= 0.3 is 12.0 Å². The summed E-state index contributed by atoms with van der Waals surface area (Å²) >= 11 is 0. The van der Waals surface area contributed by atoms with Gasteiger partial charge in [-0.1, -0.05) is 24.3 Å². The Morgan fingerprint density at radius 3 is 2.35 bits per heavy atom. The molecule has 0 spiro atoms. The van der Waals surface area contributed by atoms with Crippen LogP contribution in [-0.2, 0) is 0 Å². The van der Waals surface area contributed by atoms with Crippen molar-refractivity contribution in [2.24, 2.45) is 0 Å². The molecule has 0 aliphatic rings. The summed E-state index contributed by atoms with van der Waals surface area (Å²) in [5.41, 5.74) is -0.623. The van der Waals surface area contributed by atoms with Crippen molar-refractivity contribution in [2.45, 2.75) is 6.36 Å². The van der Waals surface area contributed by atoms with Gasteiger partial charge in [-0.3, -0.25) is 9.59 Å². The summed E-state index contributed by atoms with van der Waals surface area (Å²) in [6.07, 6.45) is -4.83. The number of carbonyl (C=O) groups is 2. The number of carbonyl (C=O) groups excluding carboxylic acids is 2. The molecule has 0 saturated carbocycles. The first-order valence-corrected chi connectivity index (χ1v) is 9.66. The number of rotatable bonds is 5. The van der Waals surface area contributed by atoms with E-state index in [-0.39, 0.29) is 22.8 Å². The first-order chi connectivity index (χ1) is 16.2. The lowest BCUT2D eigenvalue weighted by Gasteiger charge is -2.10. The Kier molecular flexibility index (Phi) is 6.00. The van der Waals surface area contributed by atoms with E-state index < -0.39 is 29.6 Å². The minimum absolute atomic E-state index is 0.000802. The Bertz CT molecular complexity index is 1430. The fraction of sp³-hybridized carbons (Fsp3) is 0.0435. The predicted molar refractivity (Wildman–Crippen MR) is 116 cm³/mol. The minimum atomic E-state index is -4.83. The summed E-state index contributed by atoms with van der Waals surface area (Å²) in [5.74, 6) is -1.89. The van der Waals surface area contributed by atoms with Crippen molar-refractivity contribution in [3.63, 3.8) is 0 Å². The number of aromatic nitrogens is 1. The van der Waals surface area contributed by atoms with Gasteiger partial charge in [0.1, 0.15) is 28.4 Å². The number of hydrogen-bond acceptors (Lipinski definition) is 6. The highest BCUT2D eigenvalue weighted by Crippen LogP contribution is 2.24. The predicted octanol–water partition coefficient (Wildman–Crippen LogP) is 4.59. The van der Waals surface area contributed by atoms with Crippen molar-refractivity contribution >= 4 is 34.3 Å². The largest absolute Gasteiger partial charge is 0.573 e. The number of benzene rings is 2. The molecule has 0 aliphatic heterocycles. The fourth-order valence-corrected chi connectivity index (χ4v) is 2.97. The number of ether oxygens (including phenoxy) is 1. The molecule has 0 unspecified atom stereocenters. The number of anilines is 2. The third-order valence-corrected chi connectivity index (χ3v) is 4.46. The molecule has 2 heterocycles. The zero-order valence-electron chi connectivity index (χ0n) is 17.1. The highest BCUT2D eigenvalue weighted by atomic mass is 19.4. The van der Waals surface area contributed by atoms with E-state index in [1.807, 2.05) is 0 Å². The van der Waals surface area contributed by atoms with Crippen molar-refractivity contribution < 1.29 is 31.9 Å². The lowest BCUT2D eigenvalue weighted by molar-refractivity contribution is -0.274. The first-order valence-electron chi connectivity index (χ1n) is 9.66. The summed E-state index contributed by atoms with van der Waals surface area (Å²) in [7, 11) is 0. The van der Waals surface area contributed by atoms with Crippen LogP contribution in [0, 0.1) is 0 Å². The second-order valence-electron chi connectivity index (χ2n) is 6.87. The standard InChI is InChI=1S/C23H14F3N3O5/c24-23(25,26)34-15-10-8-14(9-11-15)27-21(31)17-5-3-7-19(28-17)29-20(30)16-12-13-4-1-2-6-18(13)33-22(16)32/h1-12H,(H,27,31)(H,28,29,30). The number of pyridine rings is 1. The average molecular weight is 469 g/mol. The number of para-hydroxylation sites is 1. The van der Waals surface area contributed by atoms with Crippen LogP contribution < -0.4 is 21.0 Å². The van der Waals surface area contributed by atoms with E-state index in [9.17, 15) is 27.6 Å². The van der Waals surface area contributed by atoms with E-state index in [2.05, 4.69) is 20.4 Å². The van der Waals surface area contributed by atoms with E-state index in [4.69, 9.17) is 4.42 Å². The maximum absolute atomic E-state index is 12.6. The van der Waals surface area contributed by atoms with Crippen molar-refractivity contribution in [1.29, 1.82) is 0 Å². The third-order valence-electron chi connectivity index (χ3n) is 4.46. The number of amides is 2. The van der Waals surface area contributed by atoms with Gasteiger partial charge in [-0.2, -0.15) is 0 Å². The van der Waals surface area contributed by atoms with Gasteiger partial charge in [-0.25, -0.2) is 9.78 Å². The Balaban J connectivity index is 1.46. The number of fused-ring (bicyclic) bond motifs is 1. The maximum Gasteiger partial charge on any atom is 0.573 e. The van der Waals surface area contributed by atoms with Crippen molar-refractivity contribution in [3.8, 4) is 5.75 Å². The summed E-state index contributed by atoms with van der Waals surface area (Å²) in [4.78, 5) is 41.3. The molecule has 0 aliphatic carbocycles. The van der Waals surface area contributed by atoms with Gasteiger partial charge in [-0.05, 0) is 48.5 Å². The molecule has 34 heavy (non-hydrogen) atoms. The molecule has 2 aromatic heterocycles. The topological polar surface area (TPSA) is 111 Å². The van der Waals surface area contributed by atoms with Crippen LogP contribution in [0.3, 0.4) is 0 Å². The third kappa shape index (κ3) is 5.38. The van der Waals surface area contributed by atoms with Gasteiger partial charge in [-0.15, -0.1) is 13.2 Å². The molecule has 4 aromatic rings. The summed E-state index contributed by atoms with van der Waals surface area (Å²) < 4.78 is 45.7. The molecule has 4 rings (SSSR count). The second-order valence-corrected chi connectivity index (χ2v) is 6.87. The van der Waals surface area contributed by atoms with E-state index >= 15 is 0 Å². The average Bonchev–Trinajstić information content (AvgIpc) is 2.79. The summed E-state index contributed by atoms with van der Waals surface area (Å²) in [6, 6.07) is 16.9. The van der Waals surface area contributed by atoms with E-state index in [1.54, 1.807) is 24.3 Å². The highest BCUT2D eigenvalue weighted by molar-refractivity contribution is 6.06. The molecule has 2 amide bonds. The zero-order valence-corrected chi connectivity index (χ0v) is 17.1. The summed E-state index contributed by atoms with van der Waals surface area (Å²) in [6.45, 7) is 0. The molecule has 8 nitrogen and oxygen atoms in total. The molecule has 2 N–H and O–H groups in total. The van der Waals surface area contributed by atoms with Gasteiger partial charge in [0.2, 0.25) is 0 Å². The Morgan fingerprint density at radius 1 is 0.882 bits per heavy atom. The normalized spacial score (nSPS) is 11.1. The number of alkyl halides is 3. The van der Waals surface area contributed by atoms with E-state index in [0.29, 0.717) is 11.0 Å². The van der Waals surface area contributed by atoms with Crippen molar-refractivity contribution in [2.75, 3.05) is 10.6 Å². The number of hydrogen-bond donors (Lipinski definition) is 2. The maximum atomic E-state index is 12.6. The molecule has 0 bridgehead atoms. The van der Waals surface area contributed by atoms with E-state index in [0.717, 1.165) is 12.1 Å². The zero-order chi connectivity index (χ0) is 24.3. The van der Waals surface area contributed by atoms with Gasteiger partial charge in [0, 0.05) is 11.1 Å². The van der Waals surface area contributed by atoms with Crippen molar-refractivity contribution in [1.82, 2.24) is 4.98 Å². The van der Waals surface area contributed by atoms with Crippen LogP contribution in [-0.4, -0.2) is 23.2 Å². The van der Waals surface area contributed by atoms with E-state index in [1.165, 1.54) is 36.4 Å². The van der Waals surface area contributed by atoms with Crippen LogP contribution >= 0.6 is 0 Å². The second kappa shape index (κ2) is 9.06. The number of halogens is 3. The van der Waals surface area contributed by atoms with Crippen molar-refractivity contribution in [3.05, 3.63) is 94.5 Å². The van der Waals surface area contributed by atoms with Gasteiger partial charge in [0.25, 0.3) is 11.8 Å². The lowest BCUT2D eigenvalue weighted by Crippen LogP contribution is -2.22. The molecular weight excluding hydrogens is 455 g/mol. The minimum Gasteiger partial charge on any atom is -0.422 e. The molecule has 2 aromatic carbocycles. The summed E-state index contributed by atoms with van der Waals surface area (Å²) in [5, 5.41) is 5.47. The smallest absolute Gasteiger partial charge is 0.422 e. The van der Waals surface area contributed by atoms with Crippen LogP contribution in [0.1, 0.15) is 20.8 Å². The Labute approximate surface area is 189 Å². The molecule has 0 atom stereocenters. The molecule has 172 valence electrons. The first kappa shape index (κ1) is 22.5.